The molecule has 2 amide bonds. The highest BCUT2D eigenvalue weighted by Gasteiger charge is 2.32. The van der Waals surface area contributed by atoms with Crippen molar-refractivity contribution in [3.63, 3.8) is 0 Å². The number of nitrogens with one attached hydrogen (secondary N) is 2. The number of alkyl carbamates (subject to hydrolysis) is 1. The van der Waals surface area contributed by atoms with E-state index in [0.717, 1.165) is 66.2 Å². The lowest BCUT2D eigenvalue weighted by molar-refractivity contribution is 0.0526. The van der Waals surface area contributed by atoms with Crippen LogP contribution in [0.3, 0.4) is 0 Å². The fourth-order valence-corrected chi connectivity index (χ4v) is 5.24. The molecule has 0 saturated heterocycles. The van der Waals surface area contributed by atoms with E-state index < -0.39 is 17.6 Å². The zero-order chi connectivity index (χ0) is 28.0. The molecule has 1 unspecified atom stereocenters. The molecule has 4 rings (SSSR count). The van der Waals surface area contributed by atoms with Gasteiger partial charge >= 0.3 is 6.09 Å². The van der Waals surface area contributed by atoms with Crippen molar-refractivity contribution >= 4 is 28.7 Å². The number of amides is 2. The number of benzene rings is 2. The number of para-hydroxylation sites is 1. The van der Waals surface area contributed by atoms with Crippen LogP contribution in [-0.2, 0) is 17.7 Å². The van der Waals surface area contributed by atoms with Crippen LogP contribution < -0.4 is 10.7 Å². The van der Waals surface area contributed by atoms with Gasteiger partial charge < -0.3 is 14.6 Å². The number of nitrogens with zero attached hydrogens (tertiary/aromatic N) is 2. The number of nitroso groups, excluding NO2 is 1. The van der Waals surface area contributed by atoms with Crippen LogP contribution in [0.4, 0.5) is 4.79 Å². The maximum atomic E-state index is 13.7. The largest absolute Gasteiger partial charge is 0.444 e. The lowest BCUT2D eigenvalue weighted by atomic mass is 9.82. The monoisotopic (exact) mass is 532 g/mol. The molecule has 0 saturated carbocycles. The number of ether oxygens (including phenoxy) is 1. The number of ketones is 1. The molecule has 0 aliphatic heterocycles. The first-order chi connectivity index (χ1) is 18.7. The molecule has 1 aliphatic rings. The number of hydrogen-bond acceptors (Lipinski definition) is 6. The van der Waals surface area contributed by atoms with E-state index in [2.05, 4.69) is 15.2 Å². The van der Waals surface area contributed by atoms with Gasteiger partial charge in [0, 0.05) is 46.7 Å². The SMILES string of the molecule is CC(C)(C)OC(=O)NCCCCCC1CCc2c(c3ccccc3n2Cc2ccc(C(=O)NN=O)cc2)C1=O. The van der Waals surface area contributed by atoms with E-state index in [9.17, 15) is 19.3 Å². The summed E-state index contributed by atoms with van der Waals surface area (Å²) in [7, 11) is 0. The average molecular weight is 533 g/mol. The summed E-state index contributed by atoms with van der Waals surface area (Å²) in [6.45, 7) is 6.65. The summed E-state index contributed by atoms with van der Waals surface area (Å²) in [6, 6.07) is 15.1. The summed E-state index contributed by atoms with van der Waals surface area (Å²) in [4.78, 5) is 47.6. The van der Waals surface area contributed by atoms with Gasteiger partial charge in [-0.15, -0.1) is 4.91 Å². The Morgan fingerprint density at radius 2 is 1.79 bits per heavy atom. The average Bonchev–Trinajstić information content (AvgIpc) is 3.21. The van der Waals surface area contributed by atoms with Crippen molar-refractivity contribution in [1.29, 1.82) is 0 Å². The highest BCUT2D eigenvalue weighted by molar-refractivity contribution is 6.11. The normalized spacial score (nSPS) is 15.1. The van der Waals surface area contributed by atoms with Crippen molar-refractivity contribution in [3.8, 4) is 0 Å². The van der Waals surface area contributed by atoms with Gasteiger partial charge in [-0.2, -0.15) is 0 Å². The Morgan fingerprint density at radius 3 is 2.51 bits per heavy atom. The zero-order valence-electron chi connectivity index (χ0n) is 22.8. The van der Waals surface area contributed by atoms with Gasteiger partial charge in [0.15, 0.2) is 5.78 Å². The fourth-order valence-electron chi connectivity index (χ4n) is 5.24. The van der Waals surface area contributed by atoms with E-state index in [1.54, 1.807) is 12.1 Å². The smallest absolute Gasteiger partial charge is 0.407 e. The number of fused-ring (bicyclic) bond motifs is 3. The minimum Gasteiger partial charge on any atom is -0.444 e. The maximum absolute atomic E-state index is 13.7. The maximum Gasteiger partial charge on any atom is 0.407 e. The Balaban J connectivity index is 1.39. The van der Waals surface area contributed by atoms with Crippen molar-refractivity contribution in [2.75, 3.05) is 6.54 Å². The van der Waals surface area contributed by atoms with Gasteiger partial charge in [-0.05, 0) is 70.2 Å². The van der Waals surface area contributed by atoms with Gasteiger partial charge in [0.05, 0.1) is 5.29 Å². The Labute approximate surface area is 228 Å². The summed E-state index contributed by atoms with van der Waals surface area (Å²) in [5.41, 5.74) is 5.66. The summed E-state index contributed by atoms with van der Waals surface area (Å²) < 4.78 is 7.47. The van der Waals surface area contributed by atoms with Crippen molar-refractivity contribution in [3.05, 3.63) is 75.8 Å². The van der Waals surface area contributed by atoms with Gasteiger partial charge in [-0.3, -0.25) is 9.59 Å². The number of aromatic nitrogens is 1. The van der Waals surface area contributed by atoms with E-state index in [1.807, 2.05) is 62.6 Å². The summed E-state index contributed by atoms with van der Waals surface area (Å²) in [5, 5.41) is 6.21. The molecule has 0 radical (unpaired) electrons. The Bertz CT molecular complexity index is 1350. The number of carbonyl (C=O) groups is 3. The molecular formula is C30H36N4O5. The molecule has 0 bridgehead atoms. The topological polar surface area (TPSA) is 119 Å². The Hall–Kier alpha value is -4.01. The lowest BCUT2D eigenvalue weighted by Gasteiger charge is -2.23. The molecule has 206 valence electrons. The molecule has 2 N–H and O–H groups in total. The molecule has 1 aromatic heterocycles. The molecule has 9 heteroatoms. The quantitative estimate of drug-likeness (QED) is 0.191. The third-order valence-corrected chi connectivity index (χ3v) is 7.03. The third kappa shape index (κ3) is 6.90. The van der Waals surface area contributed by atoms with E-state index in [0.29, 0.717) is 18.7 Å². The van der Waals surface area contributed by atoms with Crippen molar-refractivity contribution in [2.24, 2.45) is 11.2 Å². The van der Waals surface area contributed by atoms with E-state index in [1.165, 1.54) is 0 Å². The van der Waals surface area contributed by atoms with Crippen LogP contribution in [0.15, 0.2) is 53.8 Å². The summed E-state index contributed by atoms with van der Waals surface area (Å²) >= 11 is 0. The number of Topliss-reactive ketones (excluding diaryl/α,β-unsaturated/α-hetero) is 1. The van der Waals surface area contributed by atoms with Crippen molar-refractivity contribution in [2.45, 2.75) is 71.4 Å². The van der Waals surface area contributed by atoms with Crippen LogP contribution in [-0.4, -0.2) is 34.5 Å². The van der Waals surface area contributed by atoms with Gasteiger partial charge in [0.25, 0.3) is 5.91 Å². The second-order valence-corrected chi connectivity index (χ2v) is 11.0. The first-order valence-corrected chi connectivity index (χ1v) is 13.5. The molecule has 39 heavy (non-hydrogen) atoms. The first-order valence-electron chi connectivity index (χ1n) is 13.5. The lowest BCUT2D eigenvalue weighted by Crippen LogP contribution is -2.33. The highest BCUT2D eigenvalue weighted by atomic mass is 16.6. The van der Waals surface area contributed by atoms with Crippen LogP contribution >= 0.6 is 0 Å². The molecule has 1 aliphatic carbocycles. The minimum atomic E-state index is -0.545. The first kappa shape index (κ1) is 28.0. The second-order valence-electron chi connectivity index (χ2n) is 11.0. The number of carbonyl (C=O) groups excluding carboxylic acids is 3. The predicted molar refractivity (Wildman–Crippen MR) is 150 cm³/mol. The van der Waals surface area contributed by atoms with Crippen LogP contribution in [0, 0.1) is 10.8 Å². The molecule has 9 nitrogen and oxygen atoms in total. The Kier molecular flexibility index (Phi) is 8.79. The van der Waals surface area contributed by atoms with Gasteiger partial charge in [-0.1, -0.05) is 43.2 Å². The van der Waals surface area contributed by atoms with Gasteiger partial charge in [0.1, 0.15) is 5.60 Å². The van der Waals surface area contributed by atoms with Crippen LogP contribution in [0.5, 0.6) is 0 Å². The van der Waals surface area contributed by atoms with Crippen molar-refractivity contribution in [1.82, 2.24) is 15.3 Å². The van der Waals surface area contributed by atoms with Crippen LogP contribution in [0.25, 0.3) is 10.9 Å². The van der Waals surface area contributed by atoms with Crippen LogP contribution in [0.2, 0.25) is 0 Å². The number of rotatable bonds is 10. The number of unbranched alkanes of at least 4 members (excludes halogenated alkanes) is 2. The summed E-state index contributed by atoms with van der Waals surface area (Å²) in [5.74, 6) is -0.331. The standard InChI is InChI=1S/C30H36N4O5/c1-30(2,3)39-29(37)31-18-8-4-5-9-21-16-17-25-26(27(21)35)23-10-6-7-11-24(23)34(25)19-20-12-14-22(15-13-20)28(36)32-33-38/h6-7,10-15,21H,4-5,8-9,16-19H2,1-3H3,(H,31,37)(H,32,36,38). The van der Waals surface area contributed by atoms with Gasteiger partial charge in [-0.25, -0.2) is 10.2 Å². The van der Waals surface area contributed by atoms with E-state index in [-0.39, 0.29) is 11.7 Å². The van der Waals surface area contributed by atoms with Crippen molar-refractivity contribution < 1.29 is 19.1 Å². The number of hydrogen-bond donors (Lipinski definition) is 2. The highest BCUT2D eigenvalue weighted by Crippen LogP contribution is 2.36. The molecule has 0 spiro atoms. The molecule has 3 aromatic rings. The fraction of sp³-hybridized carbons (Fsp3) is 0.433. The van der Waals surface area contributed by atoms with Crippen LogP contribution in [0.1, 0.15) is 84.8 Å². The minimum absolute atomic E-state index is 0.000189. The predicted octanol–water partition coefficient (Wildman–Crippen LogP) is 5.93. The molecule has 1 heterocycles. The molecule has 0 fully saturated rings. The van der Waals surface area contributed by atoms with Gasteiger partial charge in [0.2, 0.25) is 0 Å². The van der Waals surface area contributed by atoms with E-state index >= 15 is 0 Å². The second kappa shape index (κ2) is 12.2. The summed E-state index contributed by atoms with van der Waals surface area (Å²) in [6.07, 6.45) is 4.79. The molecular weight excluding hydrogens is 496 g/mol. The molecule has 2 aromatic carbocycles. The third-order valence-electron chi connectivity index (χ3n) is 7.03. The molecule has 1 atom stereocenters. The van der Waals surface area contributed by atoms with E-state index in [4.69, 9.17) is 4.74 Å². The Morgan fingerprint density at radius 1 is 1.05 bits per heavy atom. The zero-order valence-corrected chi connectivity index (χ0v) is 22.8.